The highest BCUT2D eigenvalue weighted by Gasteiger charge is 2.12. The molecule has 0 bridgehead atoms. The molecule has 92 valence electrons. The van der Waals surface area contributed by atoms with E-state index < -0.39 is 11.0 Å². The van der Waals surface area contributed by atoms with Crippen molar-refractivity contribution in [3.05, 3.63) is 39.9 Å². The van der Waals surface area contributed by atoms with Crippen molar-refractivity contribution in [2.75, 3.05) is 7.11 Å². The van der Waals surface area contributed by atoms with E-state index in [0.717, 1.165) is 5.56 Å². The number of carbonyl (C=O) groups excluding carboxylic acids is 1. The first-order valence-electron chi connectivity index (χ1n) is 5.09. The zero-order valence-electron chi connectivity index (χ0n) is 9.67. The lowest BCUT2D eigenvalue weighted by molar-refractivity contribution is -0.384. The summed E-state index contributed by atoms with van der Waals surface area (Å²) in [5, 5.41) is 13.5. The molecule has 1 aromatic rings. The van der Waals surface area contributed by atoms with Gasteiger partial charge in [-0.25, -0.2) is 0 Å². The zero-order valence-corrected chi connectivity index (χ0v) is 9.67. The second-order valence-electron chi connectivity index (χ2n) is 3.55. The fourth-order valence-corrected chi connectivity index (χ4v) is 1.31. The average Bonchev–Trinajstić information content (AvgIpc) is 2.35. The molecule has 6 heteroatoms. The third-order valence-electron chi connectivity index (χ3n) is 2.29. The topological polar surface area (TPSA) is 81.5 Å². The van der Waals surface area contributed by atoms with Gasteiger partial charge in [0.15, 0.2) is 0 Å². The van der Waals surface area contributed by atoms with Crippen molar-refractivity contribution >= 4 is 11.7 Å². The van der Waals surface area contributed by atoms with Gasteiger partial charge in [0, 0.05) is 18.7 Å². The molecule has 0 radical (unpaired) electrons. The van der Waals surface area contributed by atoms with Crippen molar-refractivity contribution in [2.24, 2.45) is 0 Å². The van der Waals surface area contributed by atoms with Crippen LogP contribution in [0.2, 0.25) is 0 Å². The van der Waals surface area contributed by atoms with Crippen LogP contribution >= 0.6 is 0 Å². The Kier molecular flexibility index (Phi) is 4.59. The van der Waals surface area contributed by atoms with E-state index in [0.29, 0.717) is 6.54 Å². The van der Waals surface area contributed by atoms with Gasteiger partial charge in [-0.3, -0.25) is 14.9 Å². The zero-order chi connectivity index (χ0) is 12.8. The Labute approximate surface area is 98.7 Å². The molecule has 6 nitrogen and oxygen atoms in total. The SMILES string of the molecule is COC(=O)C(C)NCc1cccc([N+](=O)[O-])c1. The summed E-state index contributed by atoms with van der Waals surface area (Å²) in [6.07, 6.45) is 0. The van der Waals surface area contributed by atoms with E-state index in [1.165, 1.54) is 19.2 Å². The molecule has 1 N–H and O–H groups in total. The molecule has 1 unspecified atom stereocenters. The number of nitro benzene ring substituents is 1. The van der Waals surface area contributed by atoms with Gasteiger partial charge in [0.25, 0.3) is 5.69 Å². The van der Waals surface area contributed by atoms with Crippen molar-refractivity contribution < 1.29 is 14.5 Å². The lowest BCUT2D eigenvalue weighted by Crippen LogP contribution is -2.34. The Bertz CT molecular complexity index is 420. The lowest BCUT2D eigenvalue weighted by atomic mass is 10.2. The van der Waals surface area contributed by atoms with Crippen LogP contribution in [-0.4, -0.2) is 24.0 Å². The van der Waals surface area contributed by atoms with Crippen LogP contribution in [0.15, 0.2) is 24.3 Å². The number of hydrogen-bond acceptors (Lipinski definition) is 5. The normalized spacial score (nSPS) is 11.9. The highest BCUT2D eigenvalue weighted by atomic mass is 16.6. The molecule has 17 heavy (non-hydrogen) atoms. The van der Waals surface area contributed by atoms with Gasteiger partial charge in [0.2, 0.25) is 0 Å². The van der Waals surface area contributed by atoms with Gasteiger partial charge in [0.05, 0.1) is 12.0 Å². The number of non-ortho nitro benzene ring substituents is 1. The molecule has 1 atom stereocenters. The molecule has 0 aliphatic rings. The second-order valence-corrected chi connectivity index (χ2v) is 3.55. The first-order chi connectivity index (χ1) is 8.04. The van der Waals surface area contributed by atoms with Crippen LogP contribution in [-0.2, 0) is 16.1 Å². The fraction of sp³-hybridized carbons (Fsp3) is 0.364. The minimum absolute atomic E-state index is 0.0371. The Morgan fingerprint density at radius 3 is 2.88 bits per heavy atom. The summed E-state index contributed by atoms with van der Waals surface area (Å²) in [7, 11) is 1.31. The Balaban J connectivity index is 2.60. The summed E-state index contributed by atoms with van der Waals surface area (Å²) in [4.78, 5) is 21.2. The van der Waals surface area contributed by atoms with Gasteiger partial charge in [-0.15, -0.1) is 0 Å². The Hall–Kier alpha value is -1.95. The lowest BCUT2D eigenvalue weighted by Gasteiger charge is -2.11. The van der Waals surface area contributed by atoms with Crippen molar-refractivity contribution in [3.8, 4) is 0 Å². The van der Waals surface area contributed by atoms with E-state index in [4.69, 9.17) is 0 Å². The van der Waals surface area contributed by atoms with Crippen LogP contribution in [0.3, 0.4) is 0 Å². The monoisotopic (exact) mass is 238 g/mol. The summed E-state index contributed by atoms with van der Waals surface area (Å²) in [6, 6.07) is 5.81. The largest absolute Gasteiger partial charge is 0.468 e. The summed E-state index contributed by atoms with van der Waals surface area (Å²) in [6.45, 7) is 2.04. The molecule has 0 aromatic heterocycles. The maximum Gasteiger partial charge on any atom is 0.322 e. The number of rotatable bonds is 5. The smallest absolute Gasteiger partial charge is 0.322 e. The molecule has 0 spiro atoms. The Morgan fingerprint density at radius 1 is 1.59 bits per heavy atom. The van der Waals surface area contributed by atoms with Crippen LogP contribution < -0.4 is 5.32 Å². The summed E-state index contributed by atoms with van der Waals surface area (Å²) >= 11 is 0. The molecule has 0 aliphatic carbocycles. The van der Waals surface area contributed by atoms with E-state index >= 15 is 0 Å². The molecule has 1 aromatic carbocycles. The minimum Gasteiger partial charge on any atom is -0.468 e. The van der Waals surface area contributed by atoms with Gasteiger partial charge in [-0.2, -0.15) is 0 Å². The van der Waals surface area contributed by atoms with Gasteiger partial charge in [-0.05, 0) is 12.5 Å². The van der Waals surface area contributed by atoms with Gasteiger partial charge < -0.3 is 10.1 Å². The highest BCUT2D eigenvalue weighted by molar-refractivity contribution is 5.75. The number of nitro groups is 1. The standard InChI is InChI=1S/C11H14N2O4/c1-8(11(14)17-2)12-7-9-4-3-5-10(6-9)13(15)16/h3-6,8,12H,7H2,1-2H3. The number of nitrogens with one attached hydrogen (secondary N) is 1. The van der Waals surface area contributed by atoms with Crippen molar-refractivity contribution in [3.63, 3.8) is 0 Å². The molecule has 0 fully saturated rings. The maximum atomic E-state index is 11.1. The molecule has 0 heterocycles. The quantitative estimate of drug-likeness (QED) is 0.474. The number of esters is 1. The highest BCUT2D eigenvalue weighted by Crippen LogP contribution is 2.12. The maximum absolute atomic E-state index is 11.1. The van der Waals surface area contributed by atoms with Crippen LogP contribution in [0.5, 0.6) is 0 Å². The molecule has 0 aliphatic heterocycles. The van der Waals surface area contributed by atoms with Crippen molar-refractivity contribution in [2.45, 2.75) is 19.5 Å². The number of carbonyl (C=O) groups is 1. The number of nitrogens with zero attached hydrogens (tertiary/aromatic N) is 1. The van der Waals surface area contributed by atoms with E-state index in [2.05, 4.69) is 10.1 Å². The molecular weight excluding hydrogens is 224 g/mol. The minimum atomic E-state index is -0.451. The van der Waals surface area contributed by atoms with Crippen LogP contribution in [0.25, 0.3) is 0 Å². The fourth-order valence-electron chi connectivity index (χ4n) is 1.31. The van der Waals surface area contributed by atoms with Gasteiger partial charge in [-0.1, -0.05) is 12.1 Å². The van der Waals surface area contributed by atoms with Crippen LogP contribution in [0.1, 0.15) is 12.5 Å². The number of methoxy groups -OCH3 is 1. The van der Waals surface area contributed by atoms with Crippen LogP contribution in [0, 0.1) is 10.1 Å². The predicted molar refractivity (Wildman–Crippen MR) is 61.4 cm³/mol. The van der Waals surface area contributed by atoms with E-state index in [9.17, 15) is 14.9 Å². The van der Waals surface area contributed by atoms with Crippen LogP contribution in [0.4, 0.5) is 5.69 Å². The first-order valence-corrected chi connectivity index (χ1v) is 5.09. The summed E-state index contributed by atoms with van der Waals surface area (Å²) in [5.74, 6) is -0.365. The second kappa shape index (κ2) is 5.95. The van der Waals surface area contributed by atoms with Crippen molar-refractivity contribution in [1.29, 1.82) is 0 Å². The average molecular weight is 238 g/mol. The van der Waals surface area contributed by atoms with Gasteiger partial charge in [0.1, 0.15) is 6.04 Å². The number of hydrogen-bond donors (Lipinski definition) is 1. The predicted octanol–water partition coefficient (Wildman–Crippen LogP) is 1.25. The van der Waals surface area contributed by atoms with Crippen molar-refractivity contribution in [1.82, 2.24) is 5.32 Å². The first kappa shape index (κ1) is 13.1. The van der Waals surface area contributed by atoms with E-state index in [1.807, 2.05) is 0 Å². The van der Waals surface area contributed by atoms with E-state index in [-0.39, 0.29) is 11.7 Å². The number of benzene rings is 1. The van der Waals surface area contributed by atoms with E-state index in [1.54, 1.807) is 19.1 Å². The third kappa shape index (κ3) is 3.84. The molecular formula is C11H14N2O4. The Morgan fingerprint density at radius 2 is 2.29 bits per heavy atom. The molecule has 0 saturated heterocycles. The summed E-state index contributed by atoms with van der Waals surface area (Å²) < 4.78 is 4.55. The van der Waals surface area contributed by atoms with Gasteiger partial charge >= 0.3 is 5.97 Å². The molecule has 0 saturated carbocycles. The summed E-state index contributed by atoms with van der Waals surface area (Å²) in [5.41, 5.74) is 0.782. The number of ether oxygens (including phenoxy) is 1. The molecule has 0 amide bonds. The third-order valence-corrected chi connectivity index (χ3v) is 2.29. The molecule has 1 rings (SSSR count).